The summed E-state index contributed by atoms with van der Waals surface area (Å²) in [5.41, 5.74) is 2.20. The number of rotatable bonds is 5. The molecule has 0 bridgehead atoms. The third-order valence-electron chi connectivity index (χ3n) is 4.54. The Morgan fingerprint density at radius 3 is 2.29 bits per heavy atom. The van der Waals surface area contributed by atoms with Crippen LogP contribution in [-0.4, -0.2) is 13.4 Å². The first-order valence-electron chi connectivity index (χ1n) is 8.71. The number of hydrogen-bond donors (Lipinski definition) is 0. The van der Waals surface area contributed by atoms with Crippen molar-refractivity contribution in [3.8, 4) is 6.07 Å². The lowest BCUT2D eigenvalue weighted by Gasteiger charge is -2.16. The van der Waals surface area contributed by atoms with Crippen LogP contribution in [0.1, 0.15) is 21.4 Å². The first-order chi connectivity index (χ1) is 13.6. The van der Waals surface area contributed by atoms with E-state index in [0.29, 0.717) is 17.0 Å². The molecule has 0 aliphatic heterocycles. The van der Waals surface area contributed by atoms with Crippen LogP contribution < -0.4 is 0 Å². The number of aromatic nitrogens is 1. The molecule has 0 fully saturated rings. The maximum Gasteiger partial charge on any atom is 0.188 e. The molecule has 0 unspecified atom stereocenters. The van der Waals surface area contributed by atoms with Crippen LogP contribution in [-0.2, 0) is 16.3 Å². The van der Waals surface area contributed by atoms with Crippen molar-refractivity contribution in [3.63, 3.8) is 0 Å². The summed E-state index contributed by atoms with van der Waals surface area (Å²) in [5.74, 6) is 0. The third kappa shape index (κ3) is 3.55. The number of nitrogens with zero attached hydrogens (tertiary/aromatic N) is 2. The zero-order valence-electron chi connectivity index (χ0n) is 14.8. The van der Waals surface area contributed by atoms with Gasteiger partial charge < -0.3 is 0 Å². The number of para-hydroxylation sites is 1. The van der Waals surface area contributed by atoms with Gasteiger partial charge in [0.1, 0.15) is 10.3 Å². The Morgan fingerprint density at radius 1 is 0.929 bits per heavy atom. The average Bonchev–Trinajstić information content (AvgIpc) is 3.16. The number of benzene rings is 3. The molecule has 138 valence electrons. The molecule has 0 saturated carbocycles. The van der Waals surface area contributed by atoms with Crippen molar-refractivity contribution >= 4 is 31.4 Å². The van der Waals surface area contributed by atoms with E-state index in [1.54, 1.807) is 54.6 Å². The number of nitriles is 1. The summed E-state index contributed by atoms with van der Waals surface area (Å²) in [6, 6.07) is 25.3. The van der Waals surface area contributed by atoms with E-state index >= 15 is 0 Å². The molecule has 4 nitrogen and oxygen atoms in total. The number of fused-ring (bicyclic) bond motifs is 1. The second kappa shape index (κ2) is 7.55. The number of hydrogen-bond acceptors (Lipinski definition) is 5. The van der Waals surface area contributed by atoms with E-state index in [0.717, 1.165) is 15.8 Å². The lowest BCUT2D eigenvalue weighted by atomic mass is 10.1. The fourth-order valence-corrected chi connectivity index (χ4v) is 6.13. The molecular weight excluding hydrogens is 388 g/mol. The van der Waals surface area contributed by atoms with Crippen LogP contribution in [0.15, 0.2) is 83.8 Å². The molecule has 4 aromatic rings. The fraction of sp³-hybridized carbons (Fsp3) is 0.0909. The van der Waals surface area contributed by atoms with Crippen molar-refractivity contribution in [2.75, 3.05) is 0 Å². The predicted molar refractivity (Wildman–Crippen MR) is 111 cm³/mol. The van der Waals surface area contributed by atoms with E-state index in [9.17, 15) is 8.42 Å². The van der Waals surface area contributed by atoms with Gasteiger partial charge in [0, 0.05) is 0 Å². The third-order valence-corrected chi connectivity index (χ3v) is 7.90. The molecule has 0 amide bonds. The summed E-state index contributed by atoms with van der Waals surface area (Å²) in [5, 5.41) is 8.78. The average molecular weight is 405 g/mol. The Morgan fingerprint density at radius 2 is 1.61 bits per heavy atom. The van der Waals surface area contributed by atoms with Crippen molar-refractivity contribution in [2.45, 2.75) is 16.6 Å². The van der Waals surface area contributed by atoms with Crippen LogP contribution in [0.2, 0.25) is 0 Å². The molecule has 0 N–H and O–H groups in total. The summed E-state index contributed by atoms with van der Waals surface area (Å²) in [7, 11) is -3.63. The minimum atomic E-state index is -3.63. The zero-order valence-corrected chi connectivity index (χ0v) is 16.5. The minimum absolute atomic E-state index is 0.285. The predicted octanol–water partition coefficient (Wildman–Crippen LogP) is 4.93. The monoisotopic (exact) mass is 404 g/mol. The molecular formula is C22H16N2O2S2. The Balaban J connectivity index is 1.81. The molecule has 0 aliphatic rings. The Kier molecular flexibility index (Phi) is 4.95. The highest BCUT2D eigenvalue weighted by molar-refractivity contribution is 7.91. The van der Waals surface area contributed by atoms with Gasteiger partial charge in [0.15, 0.2) is 9.84 Å². The van der Waals surface area contributed by atoms with Gasteiger partial charge in [-0.05, 0) is 48.4 Å². The van der Waals surface area contributed by atoms with E-state index in [1.165, 1.54) is 11.3 Å². The zero-order chi connectivity index (χ0) is 19.6. The van der Waals surface area contributed by atoms with Gasteiger partial charge in [-0.1, -0.05) is 42.5 Å². The quantitative estimate of drug-likeness (QED) is 0.473. The summed E-state index contributed by atoms with van der Waals surface area (Å²) in [4.78, 5) is 4.91. The van der Waals surface area contributed by atoms with Crippen molar-refractivity contribution in [1.29, 1.82) is 5.26 Å². The largest absolute Gasteiger partial charge is 0.240 e. The van der Waals surface area contributed by atoms with Crippen molar-refractivity contribution in [3.05, 3.63) is 95.0 Å². The molecule has 1 heterocycles. The number of sulfone groups is 1. The first kappa shape index (κ1) is 18.4. The van der Waals surface area contributed by atoms with E-state index in [-0.39, 0.29) is 4.90 Å². The first-order valence-corrected chi connectivity index (χ1v) is 11.1. The second-order valence-corrected chi connectivity index (χ2v) is 9.57. The lowest BCUT2D eigenvalue weighted by molar-refractivity contribution is 0.580. The molecule has 1 aromatic heterocycles. The van der Waals surface area contributed by atoms with Gasteiger partial charge in [0.2, 0.25) is 0 Å². The van der Waals surface area contributed by atoms with Crippen LogP contribution in [0.3, 0.4) is 0 Å². The maximum absolute atomic E-state index is 13.5. The Hall–Kier alpha value is -3.01. The SMILES string of the molecule is N#Cc1ccc(C[C@H](c2nc3ccccc3s2)S(=O)(=O)c2ccccc2)cc1. The molecule has 4 rings (SSSR count). The summed E-state index contributed by atoms with van der Waals surface area (Å²) in [6.45, 7) is 0. The normalized spacial score (nSPS) is 12.5. The van der Waals surface area contributed by atoms with Gasteiger partial charge in [-0.15, -0.1) is 11.3 Å². The van der Waals surface area contributed by atoms with Crippen LogP contribution in [0.4, 0.5) is 0 Å². The smallest absolute Gasteiger partial charge is 0.188 e. The van der Waals surface area contributed by atoms with Crippen molar-refractivity contribution < 1.29 is 8.42 Å². The lowest BCUT2D eigenvalue weighted by Crippen LogP contribution is -2.16. The molecule has 1 atom stereocenters. The summed E-state index contributed by atoms with van der Waals surface area (Å²) >= 11 is 1.41. The highest BCUT2D eigenvalue weighted by Gasteiger charge is 2.32. The number of thiazole rings is 1. The highest BCUT2D eigenvalue weighted by Crippen LogP contribution is 2.36. The Labute approximate surface area is 167 Å². The topological polar surface area (TPSA) is 70.8 Å². The van der Waals surface area contributed by atoms with Crippen LogP contribution >= 0.6 is 11.3 Å². The van der Waals surface area contributed by atoms with Crippen molar-refractivity contribution in [2.24, 2.45) is 0 Å². The van der Waals surface area contributed by atoms with E-state index < -0.39 is 15.1 Å². The van der Waals surface area contributed by atoms with Gasteiger partial charge in [-0.3, -0.25) is 0 Å². The standard InChI is InChI=1S/C22H16N2O2S2/c23-15-17-12-10-16(11-13-17)14-21(28(25,26)18-6-2-1-3-7-18)22-24-19-8-4-5-9-20(19)27-22/h1-13,21H,14H2/t21-/m1/s1. The van der Waals surface area contributed by atoms with Crippen LogP contribution in [0, 0.1) is 11.3 Å². The maximum atomic E-state index is 13.5. The van der Waals surface area contributed by atoms with Gasteiger partial charge in [-0.2, -0.15) is 5.26 Å². The highest BCUT2D eigenvalue weighted by atomic mass is 32.2. The Bertz CT molecular complexity index is 1220. The van der Waals surface area contributed by atoms with Gasteiger partial charge >= 0.3 is 0 Å². The summed E-state index contributed by atoms with van der Waals surface area (Å²) < 4.78 is 27.9. The van der Waals surface area contributed by atoms with Gasteiger partial charge in [0.25, 0.3) is 0 Å². The van der Waals surface area contributed by atoms with E-state index in [2.05, 4.69) is 11.1 Å². The van der Waals surface area contributed by atoms with Crippen molar-refractivity contribution in [1.82, 2.24) is 4.98 Å². The molecule has 28 heavy (non-hydrogen) atoms. The minimum Gasteiger partial charge on any atom is -0.240 e. The summed E-state index contributed by atoms with van der Waals surface area (Å²) in [6.07, 6.45) is 0.294. The van der Waals surface area contributed by atoms with E-state index in [4.69, 9.17) is 5.26 Å². The van der Waals surface area contributed by atoms with E-state index in [1.807, 2.05) is 24.3 Å². The fourth-order valence-electron chi connectivity index (χ4n) is 3.06. The molecule has 0 saturated heterocycles. The van der Waals surface area contributed by atoms with Gasteiger partial charge in [0.05, 0.1) is 26.7 Å². The van der Waals surface area contributed by atoms with Crippen LogP contribution in [0.25, 0.3) is 10.2 Å². The molecule has 0 spiro atoms. The van der Waals surface area contributed by atoms with Crippen LogP contribution in [0.5, 0.6) is 0 Å². The molecule has 0 aliphatic carbocycles. The molecule has 3 aromatic carbocycles. The second-order valence-electron chi connectivity index (χ2n) is 6.38. The molecule has 6 heteroatoms. The van der Waals surface area contributed by atoms with Gasteiger partial charge in [-0.25, -0.2) is 13.4 Å². The molecule has 0 radical (unpaired) electrons.